The summed E-state index contributed by atoms with van der Waals surface area (Å²) in [5.41, 5.74) is 4.59. The van der Waals surface area contributed by atoms with Crippen LogP contribution in [0.4, 0.5) is 5.69 Å². The van der Waals surface area contributed by atoms with E-state index in [1.54, 1.807) is 0 Å². The Kier molecular flexibility index (Phi) is 7.75. The molecular formula is C32H37ClN2O6. The highest BCUT2D eigenvalue weighted by Gasteiger charge is 2.49. The molecule has 7 rings (SSSR count). The van der Waals surface area contributed by atoms with Crippen molar-refractivity contribution in [3.8, 4) is 11.3 Å². The Balaban J connectivity index is 0.940. The summed E-state index contributed by atoms with van der Waals surface area (Å²) in [4.78, 5) is 21.8. The quantitative estimate of drug-likeness (QED) is 0.439. The monoisotopic (exact) mass is 580 g/mol. The second kappa shape index (κ2) is 11.6. The van der Waals surface area contributed by atoms with Crippen molar-refractivity contribution < 1.29 is 28.8 Å². The third-order valence-corrected chi connectivity index (χ3v) is 9.71. The molecule has 0 spiro atoms. The number of aliphatic hydroxyl groups excluding tert-OH is 1. The van der Waals surface area contributed by atoms with E-state index in [-0.39, 0.29) is 37.0 Å². The van der Waals surface area contributed by atoms with Gasteiger partial charge < -0.3 is 24.1 Å². The molecule has 218 valence electrons. The lowest BCUT2D eigenvalue weighted by atomic mass is 9.77. The average Bonchev–Trinajstić information content (AvgIpc) is 3.77. The number of aromatic nitrogens is 1. The molecule has 0 unspecified atom stereocenters. The Morgan fingerprint density at radius 1 is 1.00 bits per heavy atom. The Bertz CT molecular complexity index is 1300. The minimum Gasteiger partial charge on any atom is -0.472 e. The fourth-order valence-corrected chi connectivity index (χ4v) is 7.40. The van der Waals surface area contributed by atoms with Crippen LogP contribution in [0.3, 0.4) is 0 Å². The van der Waals surface area contributed by atoms with Crippen molar-refractivity contribution >= 4 is 29.2 Å². The SMILES string of the molecule is O=C(CC1CCC(c2ccc(-c3nc4c(cc3Cl)N=C(O[C@@H]3CO[C@H]5[C@@H]3OC[C@H]5O)C4)cc2)CC1)OC1CCCC1. The molecular weight excluding hydrogens is 544 g/mol. The van der Waals surface area contributed by atoms with Gasteiger partial charge in [0.25, 0.3) is 0 Å². The fourth-order valence-electron chi connectivity index (χ4n) is 7.14. The van der Waals surface area contributed by atoms with Crippen molar-refractivity contribution in [3.05, 3.63) is 46.6 Å². The zero-order valence-electron chi connectivity index (χ0n) is 23.2. The molecule has 2 saturated carbocycles. The topological polar surface area (TPSA) is 99.5 Å². The van der Waals surface area contributed by atoms with E-state index in [1.165, 1.54) is 18.4 Å². The first-order valence-electron chi connectivity index (χ1n) is 15.1. The molecule has 0 amide bonds. The molecule has 4 heterocycles. The van der Waals surface area contributed by atoms with Crippen molar-refractivity contribution in [2.24, 2.45) is 10.9 Å². The molecule has 8 nitrogen and oxygen atoms in total. The van der Waals surface area contributed by atoms with Crippen LogP contribution in [0.25, 0.3) is 11.3 Å². The number of hydrogen-bond donors (Lipinski definition) is 1. The first-order valence-corrected chi connectivity index (χ1v) is 15.5. The molecule has 2 saturated heterocycles. The summed E-state index contributed by atoms with van der Waals surface area (Å²) in [7, 11) is 0. The summed E-state index contributed by atoms with van der Waals surface area (Å²) < 4.78 is 23.1. The minimum absolute atomic E-state index is 0.00336. The Morgan fingerprint density at radius 2 is 1.76 bits per heavy atom. The van der Waals surface area contributed by atoms with E-state index in [9.17, 15) is 9.90 Å². The van der Waals surface area contributed by atoms with Crippen molar-refractivity contribution in [3.63, 3.8) is 0 Å². The highest BCUT2D eigenvalue weighted by molar-refractivity contribution is 6.33. The fraction of sp³-hybridized carbons (Fsp3) is 0.594. The molecule has 41 heavy (non-hydrogen) atoms. The zero-order valence-corrected chi connectivity index (χ0v) is 23.9. The van der Waals surface area contributed by atoms with Crippen LogP contribution in [0.1, 0.15) is 75.0 Å². The van der Waals surface area contributed by atoms with Crippen LogP contribution in [0, 0.1) is 5.92 Å². The number of halogens is 1. The Labute approximate surface area is 245 Å². The lowest BCUT2D eigenvalue weighted by molar-refractivity contribution is -0.150. The number of aliphatic imine (C=N–C) groups is 1. The third kappa shape index (κ3) is 5.76. The van der Waals surface area contributed by atoms with Crippen molar-refractivity contribution in [2.75, 3.05) is 13.2 Å². The van der Waals surface area contributed by atoms with Gasteiger partial charge >= 0.3 is 5.97 Å². The molecule has 1 aromatic carbocycles. The molecule has 9 heteroatoms. The second-order valence-electron chi connectivity index (χ2n) is 12.2. The summed E-state index contributed by atoms with van der Waals surface area (Å²) in [6.07, 6.45) is 8.41. The average molecular weight is 581 g/mol. The summed E-state index contributed by atoms with van der Waals surface area (Å²) in [5, 5.41) is 10.5. The first-order chi connectivity index (χ1) is 20.0. The number of aliphatic hydroxyl groups is 1. The van der Waals surface area contributed by atoms with Crippen LogP contribution in [0.5, 0.6) is 0 Å². The molecule has 2 aliphatic carbocycles. The van der Waals surface area contributed by atoms with Crippen LogP contribution in [0.2, 0.25) is 5.02 Å². The van der Waals surface area contributed by atoms with Gasteiger partial charge in [-0.3, -0.25) is 4.79 Å². The van der Waals surface area contributed by atoms with Gasteiger partial charge in [0.2, 0.25) is 0 Å². The van der Waals surface area contributed by atoms with Gasteiger partial charge in [-0.25, -0.2) is 9.98 Å². The maximum Gasteiger partial charge on any atom is 0.306 e. The zero-order chi connectivity index (χ0) is 27.9. The molecule has 5 aliphatic rings. The van der Waals surface area contributed by atoms with Crippen LogP contribution in [0.15, 0.2) is 35.3 Å². The van der Waals surface area contributed by atoms with Gasteiger partial charge in [-0.15, -0.1) is 0 Å². The summed E-state index contributed by atoms with van der Waals surface area (Å²) in [6.45, 7) is 0.626. The summed E-state index contributed by atoms with van der Waals surface area (Å²) in [6, 6.07) is 10.4. The Morgan fingerprint density at radius 3 is 2.54 bits per heavy atom. The third-order valence-electron chi connectivity index (χ3n) is 9.42. The number of pyridine rings is 1. The molecule has 3 aliphatic heterocycles. The lowest BCUT2D eigenvalue weighted by Crippen LogP contribution is -2.34. The summed E-state index contributed by atoms with van der Waals surface area (Å²) >= 11 is 6.67. The number of carbonyl (C=O) groups is 1. The number of esters is 1. The van der Waals surface area contributed by atoms with Gasteiger partial charge in [-0.05, 0) is 74.8 Å². The number of ether oxygens (including phenoxy) is 4. The van der Waals surface area contributed by atoms with Crippen LogP contribution < -0.4 is 0 Å². The number of hydrogen-bond acceptors (Lipinski definition) is 8. The van der Waals surface area contributed by atoms with E-state index < -0.39 is 6.10 Å². The van der Waals surface area contributed by atoms with Crippen molar-refractivity contribution in [2.45, 2.75) is 101 Å². The van der Waals surface area contributed by atoms with Gasteiger partial charge in [0.15, 0.2) is 12.0 Å². The van der Waals surface area contributed by atoms with Crippen molar-refractivity contribution in [1.82, 2.24) is 4.98 Å². The first kappa shape index (κ1) is 27.3. The second-order valence-corrected chi connectivity index (χ2v) is 12.6. The van der Waals surface area contributed by atoms with E-state index in [1.807, 2.05) is 6.07 Å². The highest BCUT2D eigenvalue weighted by atomic mass is 35.5. The molecule has 4 atom stereocenters. The standard InChI is InChI=1S/C32H37ClN2O6/c33-23-14-24-25(15-28(34-24)41-27-17-39-31-26(36)16-38-32(27)31)35-30(23)21-11-9-20(10-12-21)19-7-5-18(6-8-19)13-29(37)40-22-3-1-2-4-22/h9-12,14,18-19,22,26-27,31-32,36H,1-8,13,15-17H2/t18?,19?,26-,27-,31-,32-/m1/s1. The van der Waals surface area contributed by atoms with Crippen LogP contribution in [-0.2, 0) is 30.2 Å². The van der Waals surface area contributed by atoms with E-state index in [0.29, 0.717) is 42.2 Å². The van der Waals surface area contributed by atoms with E-state index in [4.69, 9.17) is 35.5 Å². The largest absolute Gasteiger partial charge is 0.472 e. The predicted octanol–water partition coefficient (Wildman–Crippen LogP) is 5.68. The molecule has 2 aromatic rings. The van der Waals surface area contributed by atoms with Gasteiger partial charge in [-0.1, -0.05) is 35.9 Å². The number of nitrogens with zero attached hydrogens (tertiary/aromatic N) is 2. The number of benzene rings is 1. The van der Waals surface area contributed by atoms with E-state index in [0.717, 1.165) is 61.2 Å². The van der Waals surface area contributed by atoms with E-state index >= 15 is 0 Å². The van der Waals surface area contributed by atoms with Gasteiger partial charge in [0, 0.05) is 12.0 Å². The van der Waals surface area contributed by atoms with E-state index in [2.05, 4.69) is 29.3 Å². The van der Waals surface area contributed by atoms with Crippen molar-refractivity contribution in [1.29, 1.82) is 0 Å². The molecule has 0 bridgehead atoms. The predicted molar refractivity (Wildman–Crippen MR) is 154 cm³/mol. The highest BCUT2D eigenvalue weighted by Crippen LogP contribution is 2.40. The number of rotatable bonds is 6. The normalized spacial score (nSPS) is 31.1. The Hall–Kier alpha value is -2.52. The lowest BCUT2D eigenvalue weighted by Gasteiger charge is -2.28. The number of fused-ring (bicyclic) bond motifs is 2. The maximum atomic E-state index is 12.4. The minimum atomic E-state index is -0.613. The van der Waals surface area contributed by atoms with Crippen LogP contribution in [-0.4, -0.2) is 65.7 Å². The van der Waals surface area contributed by atoms with Gasteiger partial charge in [0.1, 0.15) is 24.4 Å². The van der Waals surface area contributed by atoms with Gasteiger partial charge in [-0.2, -0.15) is 0 Å². The smallest absolute Gasteiger partial charge is 0.306 e. The molecule has 1 aromatic heterocycles. The molecule has 4 fully saturated rings. The number of carbonyl (C=O) groups excluding carboxylic acids is 1. The maximum absolute atomic E-state index is 12.4. The van der Waals surface area contributed by atoms with Gasteiger partial charge in [0.05, 0.1) is 41.7 Å². The molecule has 0 radical (unpaired) electrons. The molecule has 1 N–H and O–H groups in total. The van der Waals surface area contributed by atoms with Crippen LogP contribution >= 0.6 is 11.6 Å². The summed E-state index contributed by atoms with van der Waals surface area (Å²) in [5.74, 6) is 1.51.